The zero-order valence-electron chi connectivity index (χ0n) is 10.2. The van der Waals surface area contributed by atoms with Crippen molar-refractivity contribution in [3.05, 3.63) is 24.2 Å². The molecule has 0 saturated carbocycles. The monoisotopic (exact) mass is 236 g/mol. The molecule has 2 heterocycles. The van der Waals surface area contributed by atoms with Crippen LogP contribution in [0.25, 0.3) is 0 Å². The first kappa shape index (κ1) is 12.2. The third-order valence-electron chi connectivity index (χ3n) is 3.42. The van der Waals surface area contributed by atoms with E-state index >= 15 is 0 Å². The highest BCUT2D eigenvalue weighted by Gasteiger charge is 2.25. The standard InChI is InChI=1S/C13H20N2O2/c1-2-10-5-6-14-12(8-10)13(16)15-9-11-4-3-7-17-11/h3-4,7,10,12,14H,2,5-6,8-9H2,1H3,(H,15,16). The largest absolute Gasteiger partial charge is 0.467 e. The van der Waals surface area contributed by atoms with E-state index in [9.17, 15) is 4.79 Å². The van der Waals surface area contributed by atoms with E-state index in [1.165, 1.54) is 6.42 Å². The van der Waals surface area contributed by atoms with Crippen LogP contribution in [-0.2, 0) is 11.3 Å². The molecular weight excluding hydrogens is 216 g/mol. The second kappa shape index (κ2) is 5.87. The average Bonchev–Trinajstić information content (AvgIpc) is 2.89. The van der Waals surface area contributed by atoms with Crippen molar-refractivity contribution in [2.75, 3.05) is 6.54 Å². The van der Waals surface area contributed by atoms with Crippen LogP contribution in [0.4, 0.5) is 0 Å². The molecule has 4 heteroatoms. The van der Waals surface area contributed by atoms with Crippen LogP contribution in [0, 0.1) is 5.92 Å². The van der Waals surface area contributed by atoms with Gasteiger partial charge in [-0.05, 0) is 37.4 Å². The summed E-state index contributed by atoms with van der Waals surface area (Å²) in [6, 6.07) is 3.65. The first-order valence-corrected chi connectivity index (χ1v) is 6.33. The van der Waals surface area contributed by atoms with Gasteiger partial charge in [-0.1, -0.05) is 13.3 Å². The van der Waals surface area contributed by atoms with Crippen LogP contribution in [0.1, 0.15) is 31.9 Å². The predicted octanol–water partition coefficient (Wildman–Crippen LogP) is 1.67. The quantitative estimate of drug-likeness (QED) is 0.836. The number of amides is 1. The fourth-order valence-electron chi connectivity index (χ4n) is 2.28. The van der Waals surface area contributed by atoms with Crippen LogP contribution in [0.3, 0.4) is 0 Å². The SMILES string of the molecule is CCC1CCNC(C(=O)NCc2ccco2)C1. The summed E-state index contributed by atoms with van der Waals surface area (Å²) >= 11 is 0. The van der Waals surface area contributed by atoms with E-state index < -0.39 is 0 Å². The van der Waals surface area contributed by atoms with Gasteiger partial charge in [0.15, 0.2) is 0 Å². The van der Waals surface area contributed by atoms with Gasteiger partial charge in [0.05, 0.1) is 18.8 Å². The number of hydrogen-bond acceptors (Lipinski definition) is 3. The summed E-state index contributed by atoms with van der Waals surface area (Å²) in [5, 5.41) is 6.17. The highest BCUT2D eigenvalue weighted by atomic mass is 16.3. The van der Waals surface area contributed by atoms with E-state index in [4.69, 9.17) is 4.42 Å². The molecule has 0 spiro atoms. The summed E-state index contributed by atoms with van der Waals surface area (Å²) in [6.07, 6.45) is 4.90. The normalized spacial score (nSPS) is 24.5. The van der Waals surface area contributed by atoms with Gasteiger partial charge in [-0.15, -0.1) is 0 Å². The molecule has 1 fully saturated rings. The molecule has 4 nitrogen and oxygen atoms in total. The lowest BCUT2D eigenvalue weighted by Crippen LogP contribution is -2.48. The smallest absolute Gasteiger partial charge is 0.237 e. The number of nitrogens with one attached hydrogen (secondary N) is 2. The van der Waals surface area contributed by atoms with Gasteiger partial charge in [-0.2, -0.15) is 0 Å². The van der Waals surface area contributed by atoms with Crippen molar-refractivity contribution in [3.63, 3.8) is 0 Å². The Morgan fingerprint density at radius 3 is 3.24 bits per heavy atom. The number of furan rings is 1. The average molecular weight is 236 g/mol. The third-order valence-corrected chi connectivity index (χ3v) is 3.42. The van der Waals surface area contributed by atoms with Crippen molar-refractivity contribution in [3.8, 4) is 0 Å². The van der Waals surface area contributed by atoms with Gasteiger partial charge in [-0.3, -0.25) is 4.79 Å². The second-order valence-corrected chi connectivity index (χ2v) is 4.60. The van der Waals surface area contributed by atoms with E-state index in [0.29, 0.717) is 12.5 Å². The van der Waals surface area contributed by atoms with Gasteiger partial charge in [0.25, 0.3) is 0 Å². The highest BCUT2D eigenvalue weighted by Crippen LogP contribution is 2.19. The number of carbonyl (C=O) groups excluding carboxylic acids is 1. The molecule has 2 unspecified atom stereocenters. The maximum atomic E-state index is 11.9. The molecule has 0 bridgehead atoms. The Morgan fingerprint density at radius 1 is 1.65 bits per heavy atom. The van der Waals surface area contributed by atoms with Crippen molar-refractivity contribution in [2.45, 2.75) is 38.8 Å². The van der Waals surface area contributed by atoms with Crippen LogP contribution < -0.4 is 10.6 Å². The van der Waals surface area contributed by atoms with Gasteiger partial charge >= 0.3 is 0 Å². The predicted molar refractivity (Wildman–Crippen MR) is 65.4 cm³/mol. The van der Waals surface area contributed by atoms with E-state index in [0.717, 1.165) is 25.1 Å². The Morgan fingerprint density at radius 2 is 2.53 bits per heavy atom. The molecule has 0 aromatic carbocycles. The second-order valence-electron chi connectivity index (χ2n) is 4.60. The number of carbonyl (C=O) groups is 1. The summed E-state index contributed by atoms with van der Waals surface area (Å²) < 4.78 is 5.18. The molecule has 17 heavy (non-hydrogen) atoms. The van der Waals surface area contributed by atoms with Crippen LogP contribution in [0.5, 0.6) is 0 Å². The summed E-state index contributed by atoms with van der Waals surface area (Å²) in [5.74, 6) is 1.55. The molecule has 1 saturated heterocycles. The molecule has 2 atom stereocenters. The molecule has 1 amide bonds. The molecule has 0 radical (unpaired) electrons. The van der Waals surface area contributed by atoms with Crippen LogP contribution in [-0.4, -0.2) is 18.5 Å². The van der Waals surface area contributed by atoms with Crippen molar-refractivity contribution >= 4 is 5.91 Å². The summed E-state index contributed by atoms with van der Waals surface area (Å²) in [4.78, 5) is 11.9. The van der Waals surface area contributed by atoms with Crippen molar-refractivity contribution < 1.29 is 9.21 Å². The molecule has 0 aliphatic carbocycles. The highest BCUT2D eigenvalue weighted by molar-refractivity contribution is 5.81. The minimum absolute atomic E-state index is 0.0383. The summed E-state index contributed by atoms with van der Waals surface area (Å²) in [6.45, 7) is 3.60. The van der Waals surface area contributed by atoms with Crippen molar-refractivity contribution in [1.29, 1.82) is 0 Å². The lowest BCUT2D eigenvalue weighted by atomic mass is 9.90. The van der Waals surface area contributed by atoms with Gasteiger partial charge in [0, 0.05) is 0 Å². The van der Waals surface area contributed by atoms with Gasteiger partial charge in [0.1, 0.15) is 5.76 Å². The fourth-order valence-corrected chi connectivity index (χ4v) is 2.28. The Hall–Kier alpha value is -1.29. The Balaban J connectivity index is 1.79. The fraction of sp³-hybridized carbons (Fsp3) is 0.615. The Kier molecular flexibility index (Phi) is 4.20. The molecule has 1 aromatic heterocycles. The molecule has 94 valence electrons. The van der Waals surface area contributed by atoms with Gasteiger partial charge in [0.2, 0.25) is 5.91 Å². The first-order valence-electron chi connectivity index (χ1n) is 6.33. The van der Waals surface area contributed by atoms with Crippen LogP contribution >= 0.6 is 0 Å². The van der Waals surface area contributed by atoms with Gasteiger partial charge in [-0.25, -0.2) is 0 Å². The van der Waals surface area contributed by atoms with Crippen LogP contribution in [0.15, 0.2) is 22.8 Å². The van der Waals surface area contributed by atoms with E-state index in [-0.39, 0.29) is 11.9 Å². The Bertz CT molecular complexity index is 348. The first-order chi connectivity index (χ1) is 8.29. The molecule has 2 N–H and O–H groups in total. The van der Waals surface area contributed by atoms with Crippen LogP contribution in [0.2, 0.25) is 0 Å². The molecule has 2 rings (SSSR count). The zero-order valence-corrected chi connectivity index (χ0v) is 10.2. The molecule has 1 aliphatic rings. The van der Waals surface area contributed by atoms with E-state index in [2.05, 4.69) is 17.6 Å². The van der Waals surface area contributed by atoms with E-state index in [1.807, 2.05) is 12.1 Å². The topological polar surface area (TPSA) is 54.3 Å². The summed E-state index contributed by atoms with van der Waals surface area (Å²) in [5.41, 5.74) is 0. The molecular formula is C13H20N2O2. The number of hydrogen-bond donors (Lipinski definition) is 2. The van der Waals surface area contributed by atoms with Crippen molar-refractivity contribution in [1.82, 2.24) is 10.6 Å². The maximum Gasteiger partial charge on any atom is 0.237 e. The lowest BCUT2D eigenvalue weighted by molar-refractivity contribution is -0.124. The zero-order chi connectivity index (χ0) is 12.1. The van der Waals surface area contributed by atoms with E-state index in [1.54, 1.807) is 6.26 Å². The summed E-state index contributed by atoms with van der Waals surface area (Å²) in [7, 11) is 0. The molecule has 1 aliphatic heterocycles. The maximum absolute atomic E-state index is 11.9. The number of piperidine rings is 1. The minimum atomic E-state index is -0.0383. The molecule has 1 aromatic rings. The lowest BCUT2D eigenvalue weighted by Gasteiger charge is -2.28. The minimum Gasteiger partial charge on any atom is -0.467 e. The third kappa shape index (κ3) is 3.33. The Labute approximate surface area is 102 Å². The number of rotatable bonds is 4. The van der Waals surface area contributed by atoms with Gasteiger partial charge < -0.3 is 15.1 Å². The van der Waals surface area contributed by atoms with Crippen molar-refractivity contribution in [2.24, 2.45) is 5.92 Å².